The van der Waals surface area contributed by atoms with E-state index in [4.69, 9.17) is 9.47 Å². The SMILES string of the molecule is CCOc1ccc(C(=O)Nc2cccc([N+](=O)[O-])c2)cc1COc1cc(C)cc(C)c1. The summed E-state index contributed by atoms with van der Waals surface area (Å²) in [5.41, 5.74) is 3.59. The predicted molar refractivity (Wildman–Crippen MR) is 119 cm³/mol. The van der Waals surface area contributed by atoms with Crippen molar-refractivity contribution in [3.8, 4) is 11.5 Å². The van der Waals surface area contributed by atoms with Gasteiger partial charge in [0.05, 0.1) is 11.5 Å². The van der Waals surface area contributed by atoms with Crippen LogP contribution in [0.15, 0.2) is 60.7 Å². The number of nitro groups is 1. The van der Waals surface area contributed by atoms with E-state index in [-0.39, 0.29) is 18.2 Å². The number of nitro benzene ring substituents is 1. The van der Waals surface area contributed by atoms with Gasteiger partial charge in [0.15, 0.2) is 0 Å². The zero-order valence-electron chi connectivity index (χ0n) is 17.7. The second-order valence-electron chi connectivity index (χ2n) is 7.13. The maximum Gasteiger partial charge on any atom is 0.271 e. The van der Waals surface area contributed by atoms with Crippen molar-refractivity contribution in [1.29, 1.82) is 0 Å². The van der Waals surface area contributed by atoms with Gasteiger partial charge in [-0.3, -0.25) is 14.9 Å². The van der Waals surface area contributed by atoms with Crippen molar-refractivity contribution >= 4 is 17.3 Å². The first-order valence-corrected chi connectivity index (χ1v) is 9.88. The van der Waals surface area contributed by atoms with Gasteiger partial charge in [0.1, 0.15) is 18.1 Å². The summed E-state index contributed by atoms with van der Waals surface area (Å²) in [6.07, 6.45) is 0. The lowest BCUT2D eigenvalue weighted by atomic mass is 10.1. The lowest BCUT2D eigenvalue weighted by Crippen LogP contribution is -2.13. The highest BCUT2D eigenvalue weighted by molar-refractivity contribution is 6.04. The number of nitrogens with zero attached hydrogens (tertiary/aromatic N) is 1. The molecule has 0 aliphatic rings. The van der Waals surface area contributed by atoms with Crippen LogP contribution in [0.3, 0.4) is 0 Å². The number of rotatable bonds is 8. The van der Waals surface area contributed by atoms with Crippen LogP contribution < -0.4 is 14.8 Å². The smallest absolute Gasteiger partial charge is 0.271 e. The van der Waals surface area contributed by atoms with Gasteiger partial charge in [0.25, 0.3) is 11.6 Å². The van der Waals surface area contributed by atoms with E-state index in [9.17, 15) is 14.9 Å². The van der Waals surface area contributed by atoms with Crippen LogP contribution in [-0.4, -0.2) is 17.4 Å². The van der Waals surface area contributed by atoms with E-state index in [1.54, 1.807) is 24.3 Å². The van der Waals surface area contributed by atoms with Crippen LogP contribution in [0.25, 0.3) is 0 Å². The monoisotopic (exact) mass is 420 g/mol. The molecule has 3 aromatic rings. The number of hydrogen-bond donors (Lipinski definition) is 1. The topological polar surface area (TPSA) is 90.7 Å². The minimum Gasteiger partial charge on any atom is -0.493 e. The zero-order chi connectivity index (χ0) is 22.4. The Bertz CT molecular complexity index is 1090. The van der Waals surface area contributed by atoms with Gasteiger partial charge in [-0.15, -0.1) is 0 Å². The summed E-state index contributed by atoms with van der Waals surface area (Å²) in [6, 6.07) is 16.9. The molecule has 0 bridgehead atoms. The maximum atomic E-state index is 12.7. The minimum atomic E-state index is -0.505. The fourth-order valence-corrected chi connectivity index (χ4v) is 3.21. The molecule has 0 heterocycles. The molecule has 160 valence electrons. The molecule has 7 heteroatoms. The predicted octanol–water partition coefficient (Wildman–Crippen LogP) is 5.44. The summed E-state index contributed by atoms with van der Waals surface area (Å²) < 4.78 is 11.6. The Labute approximate surface area is 180 Å². The first-order chi connectivity index (χ1) is 14.9. The summed E-state index contributed by atoms with van der Waals surface area (Å²) in [4.78, 5) is 23.2. The van der Waals surface area contributed by atoms with Gasteiger partial charge in [-0.05, 0) is 68.3 Å². The molecule has 0 radical (unpaired) electrons. The molecule has 0 spiro atoms. The second kappa shape index (κ2) is 9.75. The molecule has 0 atom stereocenters. The fraction of sp³-hybridized carbons (Fsp3) is 0.208. The molecule has 3 aromatic carbocycles. The molecule has 0 aliphatic heterocycles. The molecular formula is C24H24N2O5. The van der Waals surface area contributed by atoms with Crippen LogP contribution in [0.2, 0.25) is 0 Å². The molecular weight excluding hydrogens is 396 g/mol. The highest BCUT2D eigenvalue weighted by atomic mass is 16.6. The van der Waals surface area contributed by atoms with E-state index in [2.05, 4.69) is 11.4 Å². The van der Waals surface area contributed by atoms with E-state index in [1.807, 2.05) is 32.9 Å². The summed E-state index contributed by atoms with van der Waals surface area (Å²) in [5.74, 6) is 1.00. The van der Waals surface area contributed by atoms with Crippen molar-refractivity contribution in [1.82, 2.24) is 0 Å². The summed E-state index contributed by atoms with van der Waals surface area (Å²) in [5, 5.41) is 13.6. The van der Waals surface area contributed by atoms with Gasteiger partial charge < -0.3 is 14.8 Å². The normalized spacial score (nSPS) is 10.4. The van der Waals surface area contributed by atoms with E-state index >= 15 is 0 Å². The van der Waals surface area contributed by atoms with Gasteiger partial charge in [-0.2, -0.15) is 0 Å². The molecule has 1 N–H and O–H groups in total. The molecule has 31 heavy (non-hydrogen) atoms. The van der Waals surface area contributed by atoms with Crippen molar-refractivity contribution in [3.63, 3.8) is 0 Å². The second-order valence-corrected chi connectivity index (χ2v) is 7.13. The first-order valence-electron chi connectivity index (χ1n) is 9.88. The number of hydrogen-bond acceptors (Lipinski definition) is 5. The molecule has 3 rings (SSSR count). The number of carbonyl (C=O) groups is 1. The molecule has 0 saturated carbocycles. The Morgan fingerprint density at radius 1 is 1.00 bits per heavy atom. The first kappa shape index (κ1) is 21.8. The quantitative estimate of drug-likeness (QED) is 0.387. The van der Waals surface area contributed by atoms with Crippen molar-refractivity contribution in [2.24, 2.45) is 0 Å². The average molecular weight is 420 g/mol. The number of nitrogens with one attached hydrogen (secondary N) is 1. The van der Waals surface area contributed by atoms with Crippen LogP contribution in [0, 0.1) is 24.0 Å². The summed E-state index contributed by atoms with van der Waals surface area (Å²) in [7, 11) is 0. The van der Waals surface area contributed by atoms with Crippen LogP contribution in [0.5, 0.6) is 11.5 Å². The third-order valence-corrected chi connectivity index (χ3v) is 4.53. The van der Waals surface area contributed by atoms with Gasteiger partial charge >= 0.3 is 0 Å². The number of benzene rings is 3. The van der Waals surface area contributed by atoms with E-state index < -0.39 is 4.92 Å². The van der Waals surface area contributed by atoms with Crippen molar-refractivity contribution in [3.05, 3.63) is 93.0 Å². The third-order valence-electron chi connectivity index (χ3n) is 4.53. The van der Waals surface area contributed by atoms with Crippen LogP contribution >= 0.6 is 0 Å². The number of ether oxygens (including phenoxy) is 2. The molecule has 0 unspecified atom stereocenters. The number of amides is 1. The Balaban J connectivity index is 1.80. The molecule has 0 fully saturated rings. The summed E-state index contributed by atoms with van der Waals surface area (Å²) >= 11 is 0. The van der Waals surface area contributed by atoms with Crippen molar-refractivity contribution in [2.45, 2.75) is 27.4 Å². The molecule has 7 nitrogen and oxygen atoms in total. The largest absolute Gasteiger partial charge is 0.493 e. The molecule has 1 amide bonds. The average Bonchev–Trinajstić information content (AvgIpc) is 2.72. The van der Waals surface area contributed by atoms with Gasteiger partial charge in [0.2, 0.25) is 0 Å². The Morgan fingerprint density at radius 2 is 1.74 bits per heavy atom. The van der Waals surface area contributed by atoms with Crippen LogP contribution in [0.4, 0.5) is 11.4 Å². The highest BCUT2D eigenvalue weighted by Crippen LogP contribution is 2.25. The maximum absolute atomic E-state index is 12.7. The Hall–Kier alpha value is -3.87. The van der Waals surface area contributed by atoms with Crippen molar-refractivity contribution in [2.75, 3.05) is 11.9 Å². The van der Waals surface area contributed by atoms with E-state index in [0.29, 0.717) is 23.6 Å². The summed E-state index contributed by atoms with van der Waals surface area (Å²) in [6.45, 7) is 6.61. The lowest BCUT2D eigenvalue weighted by Gasteiger charge is -2.14. The number of carbonyl (C=O) groups excluding carboxylic acids is 1. The van der Waals surface area contributed by atoms with Gasteiger partial charge in [0, 0.05) is 28.9 Å². The highest BCUT2D eigenvalue weighted by Gasteiger charge is 2.13. The Kier molecular flexibility index (Phi) is 6.87. The van der Waals surface area contributed by atoms with Gasteiger partial charge in [-0.1, -0.05) is 12.1 Å². The third kappa shape index (κ3) is 5.82. The van der Waals surface area contributed by atoms with E-state index in [0.717, 1.165) is 22.4 Å². The zero-order valence-corrected chi connectivity index (χ0v) is 17.7. The Morgan fingerprint density at radius 3 is 2.42 bits per heavy atom. The lowest BCUT2D eigenvalue weighted by molar-refractivity contribution is -0.384. The standard InChI is InChI=1S/C24H24N2O5/c1-4-30-23-9-8-18(24(27)25-20-6-5-7-21(14-20)26(28)29)13-19(23)15-31-22-11-16(2)10-17(3)12-22/h5-14H,4,15H2,1-3H3,(H,25,27). The molecule has 0 saturated heterocycles. The van der Waals surface area contributed by atoms with Gasteiger partial charge in [-0.25, -0.2) is 0 Å². The minimum absolute atomic E-state index is 0.0907. The number of anilines is 1. The molecule has 0 aliphatic carbocycles. The van der Waals surface area contributed by atoms with Crippen LogP contribution in [0.1, 0.15) is 34.0 Å². The van der Waals surface area contributed by atoms with Crippen LogP contribution in [-0.2, 0) is 6.61 Å². The fourth-order valence-electron chi connectivity index (χ4n) is 3.21. The number of aryl methyl sites for hydroxylation is 2. The van der Waals surface area contributed by atoms with E-state index in [1.165, 1.54) is 18.2 Å². The number of non-ortho nitro benzene ring substituents is 1. The molecule has 0 aromatic heterocycles. The van der Waals surface area contributed by atoms with Crippen molar-refractivity contribution < 1.29 is 19.2 Å².